The number of aryl methyl sites for hydroxylation is 2. The first-order chi connectivity index (χ1) is 13.5. The van der Waals surface area contributed by atoms with E-state index in [1.165, 1.54) is 0 Å². The average molecular weight is 393 g/mol. The first-order valence-electron chi connectivity index (χ1n) is 9.21. The maximum Gasteiger partial charge on any atom is 0.233 e. The Balaban J connectivity index is 1.93. The third-order valence-electron chi connectivity index (χ3n) is 5.09. The van der Waals surface area contributed by atoms with E-state index >= 15 is 0 Å². The Kier molecular flexibility index (Phi) is 4.73. The van der Waals surface area contributed by atoms with Crippen LogP contribution in [-0.2, 0) is 4.79 Å². The molecule has 0 saturated heterocycles. The summed E-state index contributed by atoms with van der Waals surface area (Å²) in [5, 5.41) is 10.3. The number of amides is 1. The second kappa shape index (κ2) is 7.21. The van der Waals surface area contributed by atoms with Crippen LogP contribution in [0.4, 0.5) is 22.7 Å². The molecule has 0 fully saturated rings. The van der Waals surface area contributed by atoms with Gasteiger partial charge in [-0.05, 0) is 67.4 Å². The molecule has 28 heavy (non-hydrogen) atoms. The molecule has 3 aromatic carbocycles. The summed E-state index contributed by atoms with van der Waals surface area (Å²) in [6.45, 7) is 4.57. The molecule has 1 amide bonds. The number of phenolic OH excluding ortho intramolecular Hbond substituents is 1. The van der Waals surface area contributed by atoms with Crippen LogP contribution < -0.4 is 9.80 Å². The zero-order valence-electron chi connectivity index (χ0n) is 15.8. The molecule has 0 saturated carbocycles. The number of para-hydroxylation sites is 1. The van der Waals surface area contributed by atoms with E-state index in [2.05, 4.69) is 4.90 Å². The fraction of sp³-hybridized carbons (Fsp3) is 0.174. The number of hydrogen-bond donors (Lipinski definition) is 1. The Labute approximate surface area is 169 Å². The minimum Gasteiger partial charge on any atom is -0.508 e. The van der Waals surface area contributed by atoms with Crippen molar-refractivity contribution in [2.24, 2.45) is 0 Å². The number of halogens is 1. The van der Waals surface area contributed by atoms with Crippen LogP contribution in [0.25, 0.3) is 0 Å². The van der Waals surface area contributed by atoms with Gasteiger partial charge in [-0.15, -0.1) is 0 Å². The molecule has 0 aromatic heterocycles. The summed E-state index contributed by atoms with van der Waals surface area (Å²) in [7, 11) is 0. The fourth-order valence-electron chi connectivity index (χ4n) is 3.78. The highest BCUT2D eigenvalue weighted by Gasteiger charge is 2.30. The molecule has 3 aromatic rings. The fourth-order valence-corrected chi connectivity index (χ4v) is 3.95. The van der Waals surface area contributed by atoms with Gasteiger partial charge in [0.2, 0.25) is 5.91 Å². The van der Waals surface area contributed by atoms with Gasteiger partial charge in [-0.1, -0.05) is 29.8 Å². The van der Waals surface area contributed by atoms with Gasteiger partial charge in [-0.25, -0.2) is 0 Å². The second-order valence-electron chi connectivity index (χ2n) is 7.02. The third-order valence-corrected chi connectivity index (χ3v) is 5.33. The number of hydrogen-bond acceptors (Lipinski definition) is 3. The van der Waals surface area contributed by atoms with Crippen LogP contribution in [0.2, 0.25) is 5.02 Å². The number of aromatic hydroxyl groups is 1. The largest absolute Gasteiger partial charge is 0.508 e. The number of phenols is 1. The van der Waals surface area contributed by atoms with E-state index in [1.807, 2.05) is 67.3 Å². The number of rotatable bonds is 2. The molecule has 0 radical (unpaired) electrons. The van der Waals surface area contributed by atoms with E-state index in [0.717, 1.165) is 33.9 Å². The average Bonchev–Trinajstić information content (AvgIpc) is 2.79. The van der Waals surface area contributed by atoms with Crippen molar-refractivity contribution in [2.75, 3.05) is 16.3 Å². The summed E-state index contributed by atoms with van der Waals surface area (Å²) in [4.78, 5) is 17.1. The lowest BCUT2D eigenvalue weighted by Crippen LogP contribution is -2.26. The van der Waals surface area contributed by atoms with Gasteiger partial charge in [0.15, 0.2) is 0 Å². The molecule has 1 aliphatic rings. The molecule has 1 aliphatic heterocycles. The normalized spacial score (nSPS) is 14.0. The number of nitrogens with zero attached hydrogens (tertiary/aromatic N) is 2. The van der Waals surface area contributed by atoms with Crippen LogP contribution in [0, 0.1) is 13.8 Å². The predicted molar refractivity (Wildman–Crippen MR) is 114 cm³/mol. The SMILES string of the molecule is Cc1cccc(C)c1N1C(=O)CCN(c2ccc(O)cc2)c2cc(Cl)ccc21. The molecule has 4 rings (SSSR count). The molecule has 142 valence electrons. The van der Waals surface area contributed by atoms with Gasteiger partial charge in [0, 0.05) is 23.7 Å². The Morgan fingerprint density at radius 2 is 1.61 bits per heavy atom. The molecular weight excluding hydrogens is 372 g/mol. The molecule has 1 heterocycles. The van der Waals surface area contributed by atoms with Gasteiger partial charge >= 0.3 is 0 Å². The molecule has 5 heteroatoms. The van der Waals surface area contributed by atoms with Crippen molar-refractivity contribution in [1.29, 1.82) is 0 Å². The van der Waals surface area contributed by atoms with Gasteiger partial charge in [0.05, 0.1) is 17.1 Å². The molecular formula is C23H21ClN2O2. The molecule has 0 unspecified atom stereocenters. The van der Waals surface area contributed by atoms with E-state index in [0.29, 0.717) is 18.0 Å². The lowest BCUT2D eigenvalue weighted by atomic mass is 10.1. The number of anilines is 4. The predicted octanol–water partition coefficient (Wildman–Crippen LogP) is 5.87. The van der Waals surface area contributed by atoms with Crippen LogP contribution in [-0.4, -0.2) is 17.6 Å². The second-order valence-corrected chi connectivity index (χ2v) is 7.46. The van der Waals surface area contributed by atoms with E-state index in [1.54, 1.807) is 12.1 Å². The molecule has 0 aliphatic carbocycles. The number of fused-ring (bicyclic) bond motifs is 1. The Morgan fingerprint density at radius 3 is 2.29 bits per heavy atom. The quantitative estimate of drug-likeness (QED) is 0.593. The van der Waals surface area contributed by atoms with Crippen molar-refractivity contribution in [2.45, 2.75) is 20.3 Å². The number of benzene rings is 3. The van der Waals surface area contributed by atoms with Crippen LogP contribution in [0.5, 0.6) is 5.75 Å². The highest BCUT2D eigenvalue weighted by Crippen LogP contribution is 2.43. The van der Waals surface area contributed by atoms with Gasteiger partial charge in [0.1, 0.15) is 5.75 Å². The summed E-state index contributed by atoms with van der Waals surface area (Å²) in [6.07, 6.45) is 0.362. The number of carbonyl (C=O) groups is 1. The lowest BCUT2D eigenvalue weighted by Gasteiger charge is -2.29. The third kappa shape index (κ3) is 3.20. The van der Waals surface area contributed by atoms with Crippen molar-refractivity contribution in [3.63, 3.8) is 0 Å². The van der Waals surface area contributed by atoms with E-state index in [-0.39, 0.29) is 11.7 Å². The van der Waals surface area contributed by atoms with Crippen LogP contribution in [0.15, 0.2) is 60.7 Å². The number of carbonyl (C=O) groups excluding carboxylic acids is 1. The minimum absolute atomic E-state index is 0.0438. The van der Waals surface area contributed by atoms with Crippen molar-refractivity contribution in [1.82, 2.24) is 0 Å². The van der Waals surface area contributed by atoms with Crippen LogP contribution >= 0.6 is 11.6 Å². The highest BCUT2D eigenvalue weighted by molar-refractivity contribution is 6.31. The van der Waals surface area contributed by atoms with E-state index in [9.17, 15) is 9.90 Å². The minimum atomic E-state index is 0.0438. The zero-order chi connectivity index (χ0) is 19.8. The summed E-state index contributed by atoms with van der Waals surface area (Å²) >= 11 is 6.33. The van der Waals surface area contributed by atoms with Crippen molar-refractivity contribution in [3.05, 3.63) is 76.8 Å². The highest BCUT2D eigenvalue weighted by atomic mass is 35.5. The van der Waals surface area contributed by atoms with Crippen molar-refractivity contribution in [3.8, 4) is 5.75 Å². The molecule has 0 bridgehead atoms. The first kappa shape index (κ1) is 18.4. The Bertz CT molecular complexity index is 1030. The summed E-state index contributed by atoms with van der Waals surface area (Å²) in [6, 6.07) is 18.6. The van der Waals surface area contributed by atoms with E-state index < -0.39 is 0 Å². The van der Waals surface area contributed by atoms with E-state index in [4.69, 9.17) is 11.6 Å². The molecule has 1 N–H and O–H groups in total. The Hall–Kier alpha value is -2.98. The van der Waals surface area contributed by atoms with Gasteiger partial charge in [-0.3, -0.25) is 9.69 Å². The zero-order valence-corrected chi connectivity index (χ0v) is 16.6. The lowest BCUT2D eigenvalue weighted by molar-refractivity contribution is -0.117. The molecule has 0 spiro atoms. The topological polar surface area (TPSA) is 43.8 Å². The summed E-state index contributed by atoms with van der Waals surface area (Å²) in [5.74, 6) is 0.250. The van der Waals surface area contributed by atoms with Gasteiger partial charge < -0.3 is 10.0 Å². The first-order valence-corrected chi connectivity index (χ1v) is 9.59. The smallest absolute Gasteiger partial charge is 0.233 e. The summed E-state index contributed by atoms with van der Waals surface area (Å²) < 4.78 is 0. The standard InChI is InChI=1S/C23H21ClN2O2/c1-15-4-3-5-16(2)23(15)26-20-11-6-17(24)14-21(20)25(13-12-22(26)28)18-7-9-19(27)10-8-18/h3-11,14,27H,12-13H2,1-2H3. The molecule has 0 atom stereocenters. The molecule has 4 nitrogen and oxygen atoms in total. The van der Waals surface area contributed by atoms with Crippen molar-refractivity contribution < 1.29 is 9.90 Å². The summed E-state index contributed by atoms with van der Waals surface area (Å²) in [5.41, 5.74) is 5.59. The van der Waals surface area contributed by atoms with Crippen LogP contribution in [0.3, 0.4) is 0 Å². The monoisotopic (exact) mass is 392 g/mol. The maximum absolute atomic E-state index is 13.2. The van der Waals surface area contributed by atoms with Crippen LogP contribution in [0.1, 0.15) is 17.5 Å². The van der Waals surface area contributed by atoms with Gasteiger partial charge in [0.25, 0.3) is 0 Å². The van der Waals surface area contributed by atoms with Gasteiger partial charge in [-0.2, -0.15) is 0 Å². The van der Waals surface area contributed by atoms with Crippen molar-refractivity contribution >= 4 is 40.3 Å². The maximum atomic E-state index is 13.2. The Morgan fingerprint density at radius 1 is 0.929 bits per heavy atom.